The lowest BCUT2D eigenvalue weighted by Crippen LogP contribution is -2.30. The molecule has 0 spiro atoms. The summed E-state index contributed by atoms with van der Waals surface area (Å²) in [5, 5.41) is 11.1. The average Bonchev–Trinajstić information content (AvgIpc) is 3.02. The molecule has 0 bridgehead atoms. The van der Waals surface area contributed by atoms with Crippen molar-refractivity contribution in [1.29, 1.82) is 0 Å². The summed E-state index contributed by atoms with van der Waals surface area (Å²) in [6.45, 7) is 0. The van der Waals surface area contributed by atoms with Gasteiger partial charge in [-0.3, -0.25) is 14.9 Å². The monoisotopic (exact) mass is 346 g/mol. The number of aromatic amines is 1. The lowest BCUT2D eigenvalue weighted by Gasteiger charge is -2.07. The molecule has 1 heterocycles. The maximum absolute atomic E-state index is 12.4. The Kier molecular flexibility index (Phi) is 3.73. The van der Waals surface area contributed by atoms with Crippen molar-refractivity contribution in [3.8, 4) is 0 Å². The SMILES string of the molecule is O=C(NS(=O)(=O)c1cc([N+](=O)[O-])c2[nH]cnc2c1)c1ccccc1. The van der Waals surface area contributed by atoms with Gasteiger partial charge in [-0.15, -0.1) is 0 Å². The van der Waals surface area contributed by atoms with Gasteiger partial charge >= 0.3 is 0 Å². The molecule has 0 aliphatic rings. The highest BCUT2D eigenvalue weighted by Crippen LogP contribution is 2.27. The van der Waals surface area contributed by atoms with Crippen LogP contribution >= 0.6 is 0 Å². The molecular weight excluding hydrogens is 336 g/mol. The van der Waals surface area contributed by atoms with Crippen LogP contribution in [-0.4, -0.2) is 29.2 Å². The van der Waals surface area contributed by atoms with Gasteiger partial charge in [0.2, 0.25) is 0 Å². The van der Waals surface area contributed by atoms with E-state index in [1.807, 2.05) is 4.72 Å². The van der Waals surface area contributed by atoms with E-state index in [2.05, 4.69) is 9.97 Å². The van der Waals surface area contributed by atoms with Gasteiger partial charge in [0.05, 0.1) is 21.7 Å². The highest BCUT2D eigenvalue weighted by Gasteiger charge is 2.24. The molecule has 3 rings (SSSR count). The quantitative estimate of drug-likeness (QED) is 0.544. The van der Waals surface area contributed by atoms with Crippen LogP contribution in [0.3, 0.4) is 0 Å². The number of nitrogens with one attached hydrogen (secondary N) is 2. The van der Waals surface area contributed by atoms with Crippen molar-refractivity contribution >= 4 is 32.7 Å². The highest BCUT2D eigenvalue weighted by atomic mass is 32.2. The van der Waals surface area contributed by atoms with Crippen LogP contribution in [0, 0.1) is 10.1 Å². The molecular formula is C14H10N4O5S. The first-order chi connectivity index (χ1) is 11.4. The van der Waals surface area contributed by atoms with Gasteiger partial charge in [-0.25, -0.2) is 18.1 Å². The Bertz CT molecular complexity index is 1040. The Morgan fingerprint density at radius 1 is 1.21 bits per heavy atom. The molecule has 0 saturated carbocycles. The molecule has 0 atom stereocenters. The molecule has 1 amide bonds. The summed E-state index contributed by atoms with van der Waals surface area (Å²) in [7, 11) is -4.29. The van der Waals surface area contributed by atoms with Gasteiger partial charge in [-0.2, -0.15) is 0 Å². The summed E-state index contributed by atoms with van der Waals surface area (Å²) >= 11 is 0. The number of H-pyrrole nitrogens is 1. The van der Waals surface area contributed by atoms with E-state index in [-0.39, 0.29) is 16.6 Å². The third-order valence-electron chi connectivity index (χ3n) is 3.25. The van der Waals surface area contributed by atoms with Crippen LogP contribution in [0.2, 0.25) is 0 Å². The summed E-state index contributed by atoms with van der Waals surface area (Å²) in [6.07, 6.45) is 1.22. The van der Waals surface area contributed by atoms with Crippen LogP contribution in [0.4, 0.5) is 5.69 Å². The lowest BCUT2D eigenvalue weighted by atomic mass is 10.2. The summed E-state index contributed by atoms with van der Waals surface area (Å²) in [4.78, 5) is 28.4. The Morgan fingerprint density at radius 3 is 2.58 bits per heavy atom. The molecule has 0 unspecified atom stereocenters. The van der Waals surface area contributed by atoms with E-state index < -0.39 is 31.4 Å². The molecule has 122 valence electrons. The predicted molar refractivity (Wildman–Crippen MR) is 83.8 cm³/mol. The number of carbonyl (C=O) groups is 1. The minimum atomic E-state index is -4.29. The number of hydrogen-bond acceptors (Lipinski definition) is 6. The number of nitrogens with zero attached hydrogens (tertiary/aromatic N) is 2. The van der Waals surface area contributed by atoms with E-state index in [0.29, 0.717) is 0 Å². The predicted octanol–water partition coefficient (Wildman–Crippen LogP) is 1.59. The van der Waals surface area contributed by atoms with Crippen molar-refractivity contribution in [1.82, 2.24) is 14.7 Å². The minimum absolute atomic E-state index is 0.105. The van der Waals surface area contributed by atoms with Crippen molar-refractivity contribution in [2.45, 2.75) is 4.90 Å². The molecule has 0 aliphatic carbocycles. The first-order valence-corrected chi connectivity index (χ1v) is 8.10. The van der Waals surface area contributed by atoms with Crippen molar-refractivity contribution < 1.29 is 18.1 Å². The van der Waals surface area contributed by atoms with E-state index in [0.717, 1.165) is 12.1 Å². The number of nitro benzene ring substituents is 1. The Morgan fingerprint density at radius 2 is 1.92 bits per heavy atom. The number of sulfonamides is 1. The summed E-state index contributed by atoms with van der Waals surface area (Å²) in [5.74, 6) is -0.833. The number of rotatable bonds is 4. The Balaban J connectivity index is 2.02. The summed E-state index contributed by atoms with van der Waals surface area (Å²) in [5.41, 5.74) is -0.0842. The number of non-ortho nitro benzene ring substituents is 1. The fraction of sp³-hybridized carbons (Fsp3) is 0. The number of benzene rings is 2. The van der Waals surface area contributed by atoms with Gasteiger partial charge in [0.1, 0.15) is 5.52 Å². The maximum atomic E-state index is 12.4. The average molecular weight is 346 g/mol. The van der Waals surface area contributed by atoms with Gasteiger partial charge in [0.15, 0.2) is 0 Å². The number of aromatic nitrogens is 2. The molecule has 3 aromatic rings. The molecule has 2 aromatic carbocycles. The van der Waals surface area contributed by atoms with Gasteiger partial charge in [0, 0.05) is 11.6 Å². The van der Waals surface area contributed by atoms with Gasteiger partial charge in [-0.1, -0.05) is 18.2 Å². The smallest absolute Gasteiger partial charge is 0.296 e. The van der Waals surface area contributed by atoms with Gasteiger partial charge < -0.3 is 4.98 Å². The maximum Gasteiger partial charge on any atom is 0.296 e. The van der Waals surface area contributed by atoms with E-state index >= 15 is 0 Å². The third kappa shape index (κ3) is 2.82. The number of imidazole rings is 1. The minimum Gasteiger partial charge on any atom is -0.339 e. The van der Waals surface area contributed by atoms with Crippen molar-refractivity contribution in [3.63, 3.8) is 0 Å². The van der Waals surface area contributed by atoms with E-state index in [9.17, 15) is 23.3 Å². The molecule has 9 nitrogen and oxygen atoms in total. The first kappa shape index (κ1) is 15.6. The molecule has 0 saturated heterocycles. The fourth-order valence-electron chi connectivity index (χ4n) is 2.13. The van der Waals surface area contributed by atoms with Crippen LogP contribution < -0.4 is 4.72 Å². The number of carbonyl (C=O) groups excluding carboxylic acids is 1. The molecule has 0 aliphatic heterocycles. The van der Waals surface area contributed by atoms with Crippen LogP contribution in [0.5, 0.6) is 0 Å². The van der Waals surface area contributed by atoms with Gasteiger partial charge in [-0.05, 0) is 18.2 Å². The van der Waals surface area contributed by atoms with E-state index in [1.165, 1.54) is 18.5 Å². The molecule has 0 fully saturated rings. The number of amides is 1. The molecule has 2 N–H and O–H groups in total. The van der Waals surface area contributed by atoms with Crippen molar-refractivity contribution in [2.24, 2.45) is 0 Å². The lowest BCUT2D eigenvalue weighted by molar-refractivity contribution is -0.383. The molecule has 0 radical (unpaired) electrons. The molecule has 1 aromatic heterocycles. The second-order valence-electron chi connectivity index (χ2n) is 4.80. The Hall–Kier alpha value is -3.27. The standard InChI is InChI=1S/C14H10N4O5S/c19-14(9-4-2-1-3-5-9)17-24(22,23)10-6-11-13(16-8-15-11)12(7-10)18(20)21/h1-8H,(H,15,16)(H,17,19). The van der Waals surface area contributed by atoms with Crippen molar-refractivity contribution in [3.05, 3.63) is 64.5 Å². The van der Waals surface area contributed by atoms with Crippen molar-refractivity contribution in [2.75, 3.05) is 0 Å². The summed E-state index contributed by atoms with van der Waals surface area (Å²) < 4.78 is 26.6. The normalized spacial score (nSPS) is 11.3. The summed E-state index contributed by atoms with van der Waals surface area (Å²) in [6, 6.07) is 9.78. The molecule has 24 heavy (non-hydrogen) atoms. The zero-order valence-corrected chi connectivity index (χ0v) is 12.8. The largest absolute Gasteiger partial charge is 0.339 e. The second kappa shape index (κ2) is 5.74. The topological polar surface area (TPSA) is 135 Å². The van der Waals surface area contributed by atoms with Crippen LogP contribution in [0.1, 0.15) is 10.4 Å². The van der Waals surface area contributed by atoms with Crippen LogP contribution in [0.25, 0.3) is 11.0 Å². The number of fused-ring (bicyclic) bond motifs is 1. The van der Waals surface area contributed by atoms with Crippen LogP contribution in [-0.2, 0) is 10.0 Å². The number of nitro groups is 1. The molecule has 10 heteroatoms. The van der Waals surface area contributed by atoms with Gasteiger partial charge in [0.25, 0.3) is 21.6 Å². The van der Waals surface area contributed by atoms with E-state index in [4.69, 9.17) is 0 Å². The number of hydrogen-bond donors (Lipinski definition) is 2. The second-order valence-corrected chi connectivity index (χ2v) is 6.48. The van der Waals surface area contributed by atoms with Crippen LogP contribution in [0.15, 0.2) is 53.7 Å². The fourth-order valence-corrected chi connectivity index (χ4v) is 3.14. The Labute approximate surface area is 135 Å². The zero-order chi connectivity index (χ0) is 17.3. The zero-order valence-electron chi connectivity index (χ0n) is 12.0. The third-order valence-corrected chi connectivity index (χ3v) is 4.56. The van der Waals surface area contributed by atoms with E-state index in [1.54, 1.807) is 18.2 Å². The first-order valence-electron chi connectivity index (χ1n) is 6.62. The highest BCUT2D eigenvalue weighted by molar-refractivity contribution is 7.90.